The number of aryl methyl sites for hydroxylation is 2. The summed E-state index contributed by atoms with van der Waals surface area (Å²) in [5.74, 6) is 1.51. The second-order valence-corrected chi connectivity index (χ2v) is 8.54. The van der Waals surface area contributed by atoms with E-state index in [9.17, 15) is 4.79 Å². The molecule has 4 heteroatoms. The molecule has 1 fully saturated rings. The highest BCUT2D eigenvalue weighted by Crippen LogP contribution is 2.25. The van der Waals surface area contributed by atoms with Gasteiger partial charge in [0.05, 0.1) is 6.04 Å². The van der Waals surface area contributed by atoms with Gasteiger partial charge in [-0.3, -0.25) is 4.79 Å². The van der Waals surface area contributed by atoms with Crippen molar-refractivity contribution in [1.29, 1.82) is 0 Å². The molecule has 0 aromatic heterocycles. The first-order valence-electron chi connectivity index (χ1n) is 10.7. The van der Waals surface area contributed by atoms with Crippen LogP contribution in [0.2, 0.25) is 0 Å². The van der Waals surface area contributed by atoms with E-state index in [0.29, 0.717) is 0 Å². The summed E-state index contributed by atoms with van der Waals surface area (Å²) in [5, 5.41) is 3.04. The molecule has 0 aliphatic carbocycles. The summed E-state index contributed by atoms with van der Waals surface area (Å²) in [4.78, 5) is 14.8. The van der Waals surface area contributed by atoms with Crippen molar-refractivity contribution in [3.8, 4) is 5.75 Å². The summed E-state index contributed by atoms with van der Waals surface area (Å²) in [6, 6.07) is 12.6. The Morgan fingerprint density at radius 1 is 1.14 bits per heavy atom. The Hall–Kier alpha value is -2.49. The van der Waals surface area contributed by atoms with Gasteiger partial charge >= 0.3 is 0 Å². The molecule has 3 rings (SSSR count). The lowest BCUT2D eigenvalue weighted by Gasteiger charge is -2.32. The van der Waals surface area contributed by atoms with Crippen LogP contribution in [0.3, 0.4) is 0 Å². The number of anilines is 1. The second kappa shape index (κ2) is 9.34. The van der Waals surface area contributed by atoms with Gasteiger partial charge in [-0.15, -0.1) is 0 Å². The van der Waals surface area contributed by atoms with Crippen molar-refractivity contribution in [2.45, 2.75) is 53.5 Å². The third-order valence-corrected chi connectivity index (χ3v) is 6.04. The van der Waals surface area contributed by atoms with Crippen molar-refractivity contribution >= 4 is 11.6 Å². The Balaban J connectivity index is 1.53. The van der Waals surface area contributed by atoms with Crippen LogP contribution in [0.15, 0.2) is 36.4 Å². The van der Waals surface area contributed by atoms with E-state index >= 15 is 0 Å². The normalized spacial score (nSPS) is 15.8. The Labute approximate surface area is 175 Å². The molecular formula is C25H34N2O2. The lowest BCUT2D eigenvalue weighted by atomic mass is 9.98. The van der Waals surface area contributed by atoms with Gasteiger partial charge in [0.15, 0.2) is 6.61 Å². The monoisotopic (exact) mass is 394 g/mol. The Kier molecular flexibility index (Phi) is 6.83. The van der Waals surface area contributed by atoms with Crippen LogP contribution < -0.4 is 15.0 Å². The zero-order valence-electron chi connectivity index (χ0n) is 18.4. The smallest absolute Gasteiger partial charge is 0.258 e. The molecule has 1 atom stereocenters. The highest BCUT2D eigenvalue weighted by Gasteiger charge is 2.17. The highest BCUT2D eigenvalue weighted by molar-refractivity contribution is 5.78. The van der Waals surface area contributed by atoms with Crippen molar-refractivity contribution < 1.29 is 9.53 Å². The lowest BCUT2D eigenvalue weighted by molar-refractivity contribution is -0.123. The number of rotatable bonds is 6. The summed E-state index contributed by atoms with van der Waals surface area (Å²) < 4.78 is 5.79. The third kappa shape index (κ3) is 5.53. The van der Waals surface area contributed by atoms with Crippen LogP contribution in [-0.4, -0.2) is 25.6 Å². The Morgan fingerprint density at radius 2 is 1.79 bits per heavy atom. The maximum atomic E-state index is 12.4. The fraction of sp³-hybridized carbons (Fsp3) is 0.480. The van der Waals surface area contributed by atoms with Crippen molar-refractivity contribution in [3.63, 3.8) is 0 Å². The molecule has 1 saturated heterocycles. The van der Waals surface area contributed by atoms with Crippen LogP contribution in [0.1, 0.15) is 55.0 Å². The van der Waals surface area contributed by atoms with E-state index in [0.717, 1.165) is 41.4 Å². The van der Waals surface area contributed by atoms with E-state index in [1.165, 1.54) is 24.1 Å². The van der Waals surface area contributed by atoms with E-state index < -0.39 is 0 Å². The van der Waals surface area contributed by atoms with Crippen LogP contribution in [0, 0.1) is 26.7 Å². The van der Waals surface area contributed by atoms with Crippen LogP contribution >= 0.6 is 0 Å². The zero-order valence-corrected chi connectivity index (χ0v) is 18.4. The van der Waals surface area contributed by atoms with Crippen molar-refractivity contribution in [1.82, 2.24) is 5.32 Å². The number of amides is 1. The van der Waals surface area contributed by atoms with Crippen molar-refractivity contribution in [2.75, 3.05) is 24.6 Å². The second-order valence-electron chi connectivity index (χ2n) is 8.54. The summed E-state index contributed by atoms with van der Waals surface area (Å²) in [6.45, 7) is 12.7. The van der Waals surface area contributed by atoms with Gasteiger partial charge in [-0.25, -0.2) is 0 Å². The van der Waals surface area contributed by atoms with E-state index in [1.54, 1.807) is 0 Å². The van der Waals surface area contributed by atoms with Gasteiger partial charge in [0.25, 0.3) is 5.91 Å². The molecule has 4 nitrogen and oxygen atoms in total. The van der Waals surface area contributed by atoms with Crippen molar-refractivity contribution in [3.05, 3.63) is 58.7 Å². The number of carbonyl (C=O) groups excluding carboxylic acids is 1. The number of nitrogens with one attached hydrogen (secondary N) is 1. The summed E-state index contributed by atoms with van der Waals surface area (Å²) >= 11 is 0. The molecule has 1 aliphatic rings. The predicted octanol–water partition coefficient (Wildman–Crippen LogP) is 5.10. The van der Waals surface area contributed by atoms with Gasteiger partial charge in [0, 0.05) is 18.8 Å². The van der Waals surface area contributed by atoms with E-state index in [-0.39, 0.29) is 18.6 Å². The van der Waals surface area contributed by atoms with E-state index in [1.807, 2.05) is 26.8 Å². The SMILES string of the molecule is Cc1cc(C)c(C)c(OCC(=O)N[C@H](C)c2ccc(N3CCC(C)CC3)cc2)c1. The summed E-state index contributed by atoms with van der Waals surface area (Å²) in [6.07, 6.45) is 2.52. The third-order valence-electron chi connectivity index (χ3n) is 6.04. The molecule has 1 N–H and O–H groups in total. The highest BCUT2D eigenvalue weighted by atomic mass is 16.5. The first-order valence-corrected chi connectivity index (χ1v) is 10.7. The molecule has 1 amide bonds. The molecule has 2 aromatic carbocycles. The summed E-state index contributed by atoms with van der Waals surface area (Å²) in [5.41, 5.74) is 5.78. The molecule has 0 spiro atoms. The molecule has 1 aliphatic heterocycles. The minimum absolute atomic E-state index is 0.0259. The van der Waals surface area contributed by atoms with E-state index in [2.05, 4.69) is 54.4 Å². The molecule has 2 aromatic rings. The Bertz CT molecular complexity index is 837. The van der Waals surface area contributed by atoms with Gasteiger partial charge in [-0.2, -0.15) is 0 Å². The minimum atomic E-state index is -0.106. The maximum Gasteiger partial charge on any atom is 0.258 e. The number of ether oxygens (including phenoxy) is 1. The molecule has 156 valence electrons. The molecular weight excluding hydrogens is 360 g/mol. The first kappa shape index (κ1) is 21.2. The van der Waals surface area contributed by atoms with Gasteiger partial charge < -0.3 is 15.0 Å². The van der Waals surface area contributed by atoms with Crippen LogP contribution in [0.5, 0.6) is 5.75 Å². The van der Waals surface area contributed by atoms with Crippen LogP contribution in [-0.2, 0) is 4.79 Å². The van der Waals surface area contributed by atoms with Gasteiger partial charge in [-0.1, -0.05) is 25.1 Å². The molecule has 0 saturated carbocycles. The first-order chi connectivity index (χ1) is 13.8. The predicted molar refractivity (Wildman–Crippen MR) is 120 cm³/mol. The molecule has 0 radical (unpaired) electrons. The fourth-order valence-corrected chi connectivity index (χ4v) is 3.90. The Morgan fingerprint density at radius 3 is 2.45 bits per heavy atom. The molecule has 0 bridgehead atoms. The number of benzene rings is 2. The van der Waals surface area contributed by atoms with Gasteiger partial charge in [0.1, 0.15) is 5.75 Å². The van der Waals surface area contributed by atoms with Crippen molar-refractivity contribution in [2.24, 2.45) is 5.92 Å². The summed E-state index contributed by atoms with van der Waals surface area (Å²) in [7, 11) is 0. The number of carbonyl (C=O) groups is 1. The number of hydrogen-bond donors (Lipinski definition) is 1. The molecule has 29 heavy (non-hydrogen) atoms. The minimum Gasteiger partial charge on any atom is -0.483 e. The zero-order chi connectivity index (χ0) is 21.0. The average molecular weight is 395 g/mol. The van der Waals surface area contributed by atoms with Crippen LogP contribution in [0.25, 0.3) is 0 Å². The maximum absolute atomic E-state index is 12.4. The van der Waals surface area contributed by atoms with E-state index in [4.69, 9.17) is 4.74 Å². The van der Waals surface area contributed by atoms with Crippen LogP contribution in [0.4, 0.5) is 5.69 Å². The number of piperidine rings is 1. The largest absolute Gasteiger partial charge is 0.483 e. The van der Waals surface area contributed by atoms with Gasteiger partial charge in [0.2, 0.25) is 0 Å². The fourth-order valence-electron chi connectivity index (χ4n) is 3.90. The number of nitrogens with zero attached hydrogens (tertiary/aromatic N) is 1. The molecule has 1 heterocycles. The average Bonchev–Trinajstić information content (AvgIpc) is 2.70. The standard InChI is InChI=1S/C25H34N2O2/c1-17-10-12-27(13-11-17)23-8-6-22(7-9-23)21(5)26-25(28)16-29-24-15-18(2)14-19(3)20(24)4/h6-9,14-15,17,21H,10-13,16H2,1-5H3,(H,26,28)/t21-/m1/s1. The number of hydrogen-bond acceptors (Lipinski definition) is 3. The van der Waals surface area contributed by atoms with Gasteiger partial charge in [-0.05, 0) is 86.9 Å². The molecule has 0 unspecified atom stereocenters. The lowest BCUT2D eigenvalue weighted by Crippen LogP contribution is -2.33. The topological polar surface area (TPSA) is 41.6 Å². The quantitative estimate of drug-likeness (QED) is 0.741.